The number of halogens is 3. The molecule has 0 saturated carbocycles. The van der Waals surface area contributed by atoms with E-state index in [0.717, 1.165) is 0 Å². The minimum atomic E-state index is -5.31. The Labute approximate surface area is 38.2 Å². The van der Waals surface area contributed by atoms with Gasteiger partial charge >= 0.3 is 37.7 Å². The molecule has 0 aromatic rings. The van der Waals surface area contributed by atoms with E-state index in [1.807, 2.05) is 0 Å². The molecule has 0 nitrogen and oxygen atoms in total. The van der Waals surface area contributed by atoms with Crippen LogP contribution in [0.2, 0.25) is 0 Å². The molecule has 0 atom stereocenters. The molecule has 0 radical (unpaired) electrons. The predicted octanol–water partition coefficient (Wildman–Crippen LogP) is -0.304. The molecule has 0 aliphatic heterocycles. The predicted molar refractivity (Wildman–Crippen MR) is 19.0 cm³/mol. The molecule has 0 spiro atoms. The van der Waals surface area contributed by atoms with Gasteiger partial charge in [-0.15, -0.1) is 0 Å². The Kier molecular flexibility index (Phi) is 1.82. The van der Waals surface area contributed by atoms with Crippen LogP contribution >= 0.6 is 0 Å². The number of hydrogen-bond acceptors (Lipinski definition) is 0. The fourth-order valence-corrected chi connectivity index (χ4v) is 0. The molecule has 0 unspecified atom stereocenters. The van der Waals surface area contributed by atoms with Gasteiger partial charge in [-0.2, -0.15) is 0 Å². The van der Waals surface area contributed by atoms with Crippen LogP contribution in [0.4, 0.5) is 10.5 Å². The van der Waals surface area contributed by atoms with Crippen molar-refractivity contribution in [3.05, 3.63) is 0 Å². The average Bonchev–Trinajstić information content (AvgIpc) is 0.722. The van der Waals surface area contributed by atoms with Gasteiger partial charge in [-0.05, 0) is 0 Å². The SMILES string of the molecule is [F][Ge]([F])([F])[GeH3]. The van der Waals surface area contributed by atoms with E-state index < -0.39 is 27.2 Å². The molecule has 0 aliphatic rings. The van der Waals surface area contributed by atoms with Crippen molar-refractivity contribution in [3.63, 3.8) is 0 Å². The Morgan fingerprint density at radius 3 is 1.20 bits per heavy atom. The van der Waals surface area contributed by atoms with Gasteiger partial charge < -0.3 is 0 Å². The first-order chi connectivity index (χ1) is 2.00. The van der Waals surface area contributed by atoms with Gasteiger partial charge in [0, 0.05) is 0 Å². The van der Waals surface area contributed by atoms with Gasteiger partial charge in [0.25, 0.3) is 0 Å². The van der Waals surface area contributed by atoms with Gasteiger partial charge in [0.15, 0.2) is 0 Å². The molecule has 0 fully saturated rings. The van der Waals surface area contributed by atoms with Crippen LogP contribution in [0.5, 0.6) is 0 Å². The van der Waals surface area contributed by atoms with Crippen LogP contribution in [-0.4, -0.2) is 27.2 Å². The van der Waals surface area contributed by atoms with Gasteiger partial charge in [0.2, 0.25) is 0 Å². The molecular weight excluding hydrogens is 202 g/mol. The Morgan fingerprint density at radius 2 is 1.20 bits per heavy atom. The summed E-state index contributed by atoms with van der Waals surface area (Å²) in [5.41, 5.74) is 0. The summed E-state index contributed by atoms with van der Waals surface area (Å²) in [6.07, 6.45) is 0. The van der Waals surface area contributed by atoms with Crippen LogP contribution in [0.1, 0.15) is 0 Å². The van der Waals surface area contributed by atoms with E-state index in [1.165, 1.54) is 0 Å². The van der Waals surface area contributed by atoms with E-state index in [9.17, 15) is 10.5 Å². The second kappa shape index (κ2) is 1.55. The molecule has 0 N–H and O–H groups in total. The second-order valence-electron chi connectivity index (χ2n) is 0.781. The van der Waals surface area contributed by atoms with E-state index in [-0.39, 0.29) is 0 Å². The molecule has 5 heavy (non-hydrogen) atoms. The molecule has 0 aromatic carbocycles. The third-order valence-corrected chi connectivity index (χ3v) is 0. The van der Waals surface area contributed by atoms with Crippen molar-refractivity contribution in [3.8, 4) is 0 Å². The van der Waals surface area contributed by atoms with Crippen molar-refractivity contribution in [2.45, 2.75) is 0 Å². The summed E-state index contributed by atoms with van der Waals surface area (Å²) in [6, 6.07) is 0. The van der Waals surface area contributed by atoms with Crippen molar-refractivity contribution in [2.75, 3.05) is 0 Å². The standard InChI is InChI=1S/F3Ge2H3/c1-5(2,3)4/h4H3. The van der Waals surface area contributed by atoms with E-state index >= 15 is 0 Å². The van der Waals surface area contributed by atoms with Crippen LogP contribution in [0.15, 0.2) is 0 Å². The Hall–Kier alpha value is 0.876. The Balaban J connectivity index is 3.02. The monoisotopic (exact) mass is 208 g/mol. The molecule has 0 heterocycles. The number of hydrogen-bond donors (Lipinski definition) is 0. The molecular formula is H3F3Ge2. The van der Waals surface area contributed by atoms with Crippen molar-refractivity contribution >= 4 is 27.2 Å². The quantitative estimate of drug-likeness (QED) is 0.476. The molecule has 0 aliphatic carbocycles. The van der Waals surface area contributed by atoms with Gasteiger partial charge in [-0.25, -0.2) is 0 Å². The third kappa shape index (κ3) is 52.6. The normalized spacial score (nSPS) is 12.6. The summed E-state index contributed by atoms with van der Waals surface area (Å²) in [5, 5.41) is 0. The van der Waals surface area contributed by atoms with Crippen molar-refractivity contribution in [1.29, 1.82) is 0 Å². The van der Waals surface area contributed by atoms with E-state index in [0.29, 0.717) is 0 Å². The zero-order valence-electron chi connectivity index (χ0n) is 2.63. The maximum absolute atomic E-state index is 10.6. The fourth-order valence-electron chi connectivity index (χ4n) is 0. The summed E-state index contributed by atoms with van der Waals surface area (Å²) in [4.78, 5) is 0. The fraction of sp³-hybridized carbons (Fsp3) is 0. The first kappa shape index (κ1) is 5.88. The summed E-state index contributed by atoms with van der Waals surface area (Å²) in [5.74, 6) is 0. The Bertz CT molecular complexity index is 20.4. The minimum absolute atomic E-state index is 0.812. The maximum atomic E-state index is 10.6. The van der Waals surface area contributed by atoms with E-state index in [1.54, 1.807) is 0 Å². The van der Waals surface area contributed by atoms with E-state index in [2.05, 4.69) is 0 Å². The van der Waals surface area contributed by atoms with Crippen LogP contribution in [0.3, 0.4) is 0 Å². The first-order valence-electron chi connectivity index (χ1n) is 1.07. The van der Waals surface area contributed by atoms with Gasteiger partial charge in [0.1, 0.15) is 0 Å². The zero-order valence-corrected chi connectivity index (χ0v) is 8.93. The molecule has 0 rings (SSSR count). The molecule has 0 bridgehead atoms. The van der Waals surface area contributed by atoms with Crippen LogP contribution in [-0.2, 0) is 0 Å². The topological polar surface area (TPSA) is 0 Å². The summed E-state index contributed by atoms with van der Waals surface area (Å²) < 4.78 is 31.9. The molecule has 0 saturated heterocycles. The first-order valence-corrected chi connectivity index (χ1v) is 16.4. The average molecular weight is 205 g/mol. The molecule has 0 amide bonds. The summed E-state index contributed by atoms with van der Waals surface area (Å²) >= 11 is -6.12. The van der Waals surface area contributed by atoms with Crippen molar-refractivity contribution in [2.24, 2.45) is 0 Å². The van der Waals surface area contributed by atoms with Gasteiger partial charge in [-0.1, -0.05) is 0 Å². The van der Waals surface area contributed by atoms with E-state index in [4.69, 9.17) is 0 Å². The summed E-state index contributed by atoms with van der Waals surface area (Å²) in [6.45, 7) is 0. The van der Waals surface area contributed by atoms with Crippen molar-refractivity contribution in [1.82, 2.24) is 0 Å². The Morgan fingerprint density at radius 1 is 1.20 bits per heavy atom. The van der Waals surface area contributed by atoms with Gasteiger partial charge in [-0.3, -0.25) is 0 Å². The molecule has 32 valence electrons. The van der Waals surface area contributed by atoms with Crippen LogP contribution in [0, 0.1) is 0 Å². The van der Waals surface area contributed by atoms with Crippen LogP contribution in [0.25, 0.3) is 0 Å². The molecule has 0 aromatic heterocycles. The number of rotatable bonds is 0. The summed E-state index contributed by atoms with van der Waals surface area (Å²) in [7, 11) is 0. The third-order valence-electron chi connectivity index (χ3n) is 0. The zero-order chi connectivity index (χ0) is 4.50. The second-order valence-corrected chi connectivity index (χ2v) is 16.4. The van der Waals surface area contributed by atoms with Crippen LogP contribution < -0.4 is 0 Å². The van der Waals surface area contributed by atoms with Gasteiger partial charge in [0.05, 0.1) is 0 Å². The molecule has 5 heteroatoms. The van der Waals surface area contributed by atoms with Crippen molar-refractivity contribution < 1.29 is 10.5 Å².